The molecule has 0 spiro atoms. The summed E-state index contributed by atoms with van der Waals surface area (Å²) >= 11 is 5.42. The zero-order chi connectivity index (χ0) is 8.97. The quantitative estimate of drug-likeness (QED) is 0.535. The van der Waals surface area contributed by atoms with Gasteiger partial charge in [0.15, 0.2) is 11.0 Å². The number of carbonyl (C=O) groups is 1. The Bertz CT molecular complexity index is 290. The molecule has 0 fully saturated rings. The number of aromatic nitrogens is 1. The van der Waals surface area contributed by atoms with Crippen LogP contribution in [-0.2, 0) is 11.2 Å². The zero-order valence-corrected chi connectivity index (χ0v) is 7.01. The van der Waals surface area contributed by atoms with Gasteiger partial charge >= 0.3 is 0 Å². The van der Waals surface area contributed by atoms with Crippen molar-refractivity contribution in [3.63, 3.8) is 0 Å². The second-order valence-electron chi connectivity index (χ2n) is 2.28. The fraction of sp³-hybridized carbons (Fsp3) is 0.250. The molecule has 1 heterocycles. The van der Waals surface area contributed by atoms with E-state index in [1.54, 1.807) is 0 Å². The Labute approximate surface area is 74.4 Å². The molecule has 0 aliphatic heterocycles. The topological polar surface area (TPSA) is 30.0 Å². The lowest BCUT2D eigenvalue weighted by atomic mass is 10.2. The second-order valence-corrected chi connectivity index (χ2v) is 2.64. The smallest absolute Gasteiger partial charge is 0.164 e. The van der Waals surface area contributed by atoms with E-state index < -0.39 is 5.82 Å². The van der Waals surface area contributed by atoms with E-state index in [4.69, 9.17) is 11.6 Å². The van der Waals surface area contributed by atoms with Gasteiger partial charge < -0.3 is 4.79 Å². The van der Waals surface area contributed by atoms with Crippen molar-refractivity contribution >= 4 is 17.9 Å². The zero-order valence-electron chi connectivity index (χ0n) is 6.26. The van der Waals surface area contributed by atoms with Crippen LogP contribution in [-0.4, -0.2) is 11.3 Å². The summed E-state index contributed by atoms with van der Waals surface area (Å²) in [6, 6.07) is 2.76. The molecule has 1 aromatic rings. The van der Waals surface area contributed by atoms with Gasteiger partial charge in [0.05, 0.1) is 0 Å². The number of aryl methyl sites for hydroxylation is 1. The first kappa shape index (κ1) is 9.13. The van der Waals surface area contributed by atoms with Gasteiger partial charge in [-0.15, -0.1) is 0 Å². The lowest BCUT2D eigenvalue weighted by molar-refractivity contribution is -0.107. The number of rotatable bonds is 3. The van der Waals surface area contributed by atoms with Crippen molar-refractivity contribution in [1.29, 1.82) is 0 Å². The van der Waals surface area contributed by atoms with E-state index in [0.717, 1.165) is 6.29 Å². The van der Waals surface area contributed by atoms with Gasteiger partial charge in [0, 0.05) is 12.1 Å². The van der Waals surface area contributed by atoms with Gasteiger partial charge in [-0.1, -0.05) is 11.6 Å². The van der Waals surface area contributed by atoms with Crippen molar-refractivity contribution in [2.75, 3.05) is 0 Å². The van der Waals surface area contributed by atoms with Crippen LogP contribution in [0.4, 0.5) is 4.39 Å². The minimum absolute atomic E-state index is 0.140. The minimum Gasteiger partial charge on any atom is -0.303 e. The van der Waals surface area contributed by atoms with Crippen molar-refractivity contribution in [2.24, 2.45) is 0 Å². The maximum atomic E-state index is 12.6. The molecule has 0 unspecified atom stereocenters. The van der Waals surface area contributed by atoms with E-state index in [-0.39, 0.29) is 5.15 Å². The Balaban J connectivity index is 2.75. The summed E-state index contributed by atoms with van der Waals surface area (Å²) in [6.07, 6.45) is 1.68. The third kappa shape index (κ3) is 2.27. The largest absolute Gasteiger partial charge is 0.303 e. The predicted molar refractivity (Wildman–Crippen MR) is 43.6 cm³/mol. The molecule has 0 aliphatic rings. The molecule has 0 aliphatic carbocycles. The molecule has 4 heteroatoms. The summed E-state index contributed by atoms with van der Waals surface area (Å²) in [5.41, 5.74) is 0.633. The Morgan fingerprint density at radius 1 is 1.58 bits per heavy atom. The second kappa shape index (κ2) is 4.16. The third-order valence-electron chi connectivity index (χ3n) is 1.38. The Morgan fingerprint density at radius 3 is 2.92 bits per heavy atom. The molecule has 0 aromatic carbocycles. The summed E-state index contributed by atoms with van der Waals surface area (Å²) in [5.74, 6) is -0.536. The van der Waals surface area contributed by atoms with E-state index in [0.29, 0.717) is 18.5 Å². The lowest BCUT2D eigenvalue weighted by Gasteiger charge is -1.97. The fourth-order valence-electron chi connectivity index (χ4n) is 0.801. The summed E-state index contributed by atoms with van der Waals surface area (Å²) in [7, 11) is 0. The molecular weight excluding hydrogens is 181 g/mol. The van der Waals surface area contributed by atoms with Crippen LogP contribution in [0.3, 0.4) is 0 Å². The number of halogens is 2. The van der Waals surface area contributed by atoms with Gasteiger partial charge in [-0.2, -0.15) is 0 Å². The molecule has 1 aromatic heterocycles. The molecule has 0 radical (unpaired) electrons. The fourth-order valence-corrected chi connectivity index (χ4v) is 0.972. The Morgan fingerprint density at radius 2 is 2.33 bits per heavy atom. The van der Waals surface area contributed by atoms with Gasteiger partial charge in [-0.3, -0.25) is 0 Å². The van der Waals surface area contributed by atoms with E-state index in [1.807, 2.05) is 0 Å². The predicted octanol–water partition coefficient (Wildman–Crippen LogP) is 2.01. The molecule has 12 heavy (non-hydrogen) atoms. The van der Waals surface area contributed by atoms with E-state index >= 15 is 0 Å². The van der Waals surface area contributed by atoms with Crippen LogP contribution in [0, 0.1) is 5.82 Å². The van der Waals surface area contributed by atoms with Crippen molar-refractivity contribution in [2.45, 2.75) is 12.8 Å². The van der Waals surface area contributed by atoms with Crippen LogP contribution in [0.2, 0.25) is 5.15 Å². The van der Waals surface area contributed by atoms with Gasteiger partial charge in [-0.05, 0) is 18.6 Å². The van der Waals surface area contributed by atoms with E-state index in [2.05, 4.69) is 4.98 Å². The average molecular weight is 188 g/mol. The Kier molecular flexibility index (Phi) is 3.17. The van der Waals surface area contributed by atoms with Crippen LogP contribution in [0.1, 0.15) is 12.1 Å². The highest BCUT2D eigenvalue weighted by atomic mass is 35.5. The average Bonchev–Trinajstić information content (AvgIpc) is 2.07. The van der Waals surface area contributed by atoms with Crippen molar-refractivity contribution < 1.29 is 9.18 Å². The summed E-state index contributed by atoms with van der Waals surface area (Å²) in [4.78, 5) is 13.7. The molecule has 0 saturated carbocycles. The maximum Gasteiger partial charge on any atom is 0.164 e. The highest BCUT2D eigenvalue weighted by molar-refractivity contribution is 6.29. The minimum atomic E-state index is -0.536. The summed E-state index contributed by atoms with van der Waals surface area (Å²) in [5, 5.41) is -0.140. The van der Waals surface area contributed by atoms with E-state index in [1.165, 1.54) is 12.1 Å². The number of hydrogen-bond acceptors (Lipinski definition) is 2. The normalized spacial score (nSPS) is 9.83. The SMILES string of the molecule is O=CCCc1ccc(F)c(Cl)n1. The molecule has 0 N–H and O–H groups in total. The standard InChI is InChI=1S/C8H7ClFNO/c9-8-7(10)4-3-6(11-8)2-1-5-12/h3-5H,1-2H2. The van der Waals surface area contributed by atoms with Gasteiger partial charge in [0.25, 0.3) is 0 Å². The molecule has 64 valence electrons. The lowest BCUT2D eigenvalue weighted by Crippen LogP contribution is -1.92. The maximum absolute atomic E-state index is 12.6. The van der Waals surface area contributed by atoms with Crippen LogP contribution in [0.25, 0.3) is 0 Å². The number of pyridine rings is 1. The highest BCUT2D eigenvalue weighted by Gasteiger charge is 2.01. The monoisotopic (exact) mass is 187 g/mol. The first-order chi connectivity index (χ1) is 5.74. The summed E-state index contributed by atoms with van der Waals surface area (Å²) < 4.78 is 12.6. The molecule has 0 atom stereocenters. The Hall–Kier alpha value is -0.960. The van der Waals surface area contributed by atoms with Crippen LogP contribution in [0.5, 0.6) is 0 Å². The van der Waals surface area contributed by atoms with E-state index in [9.17, 15) is 9.18 Å². The first-order valence-corrected chi connectivity index (χ1v) is 3.86. The number of carbonyl (C=O) groups excluding carboxylic acids is 1. The molecule has 1 rings (SSSR count). The van der Waals surface area contributed by atoms with Crippen molar-refractivity contribution in [1.82, 2.24) is 4.98 Å². The molecule has 0 saturated heterocycles. The molecule has 0 amide bonds. The molecular formula is C8H7ClFNO. The molecule has 2 nitrogen and oxygen atoms in total. The number of hydrogen-bond donors (Lipinski definition) is 0. The molecule has 0 bridgehead atoms. The van der Waals surface area contributed by atoms with Gasteiger partial charge in [-0.25, -0.2) is 9.37 Å². The van der Waals surface area contributed by atoms with Crippen LogP contribution >= 0.6 is 11.6 Å². The van der Waals surface area contributed by atoms with Gasteiger partial charge in [0.2, 0.25) is 0 Å². The van der Waals surface area contributed by atoms with Crippen molar-refractivity contribution in [3.8, 4) is 0 Å². The van der Waals surface area contributed by atoms with Crippen LogP contribution in [0.15, 0.2) is 12.1 Å². The van der Waals surface area contributed by atoms with Crippen LogP contribution < -0.4 is 0 Å². The third-order valence-corrected chi connectivity index (χ3v) is 1.64. The number of nitrogens with zero attached hydrogens (tertiary/aromatic N) is 1. The summed E-state index contributed by atoms with van der Waals surface area (Å²) in [6.45, 7) is 0. The first-order valence-electron chi connectivity index (χ1n) is 3.48. The van der Waals surface area contributed by atoms with Crippen molar-refractivity contribution in [3.05, 3.63) is 28.8 Å². The highest BCUT2D eigenvalue weighted by Crippen LogP contribution is 2.11. The van der Waals surface area contributed by atoms with Gasteiger partial charge in [0.1, 0.15) is 6.29 Å². The number of aldehydes is 1.